The molecule has 1 aromatic carbocycles. The second-order valence-corrected chi connectivity index (χ2v) is 6.03. The summed E-state index contributed by atoms with van der Waals surface area (Å²) in [6, 6.07) is 10.5. The zero-order valence-electron chi connectivity index (χ0n) is 13.8. The standard InChI is InChI=1S/C18H22ClN3O2/c1-2-3-12-20-17(23)5-4-13-22-18(24)11-10-16(21-22)14-6-8-15(19)9-7-14/h6-11H,2-5,12-13H2,1H3,(H,20,23). The molecule has 0 bridgehead atoms. The van der Waals surface area contributed by atoms with Crippen LogP contribution in [0.5, 0.6) is 0 Å². The van der Waals surface area contributed by atoms with Crippen molar-refractivity contribution >= 4 is 17.5 Å². The predicted octanol–water partition coefficient (Wildman–Crippen LogP) is 3.26. The van der Waals surface area contributed by atoms with Gasteiger partial charge in [0.15, 0.2) is 0 Å². The summed E-state index contributed by atoms with van der Waals surface area (Å²) in [5, 5.41) is 7.90. The van der Waals surface area contributed by atoms with Crippen molar-refractivity contribution in [3.05, 3.63) is 51.8 Å². The van der Waals surface area contributed by atoms with E-state index in [1.165, 1.54) is 10.7 Å². The predicted molar refractivity (Wildman–Crippen MR) is 96.1 cm³/mol. The molecule has 0 radical (unpaired) electrons. The first-order valence-corrected chi connectivity index (χ1v) is 8.58. The lowest BCUT2D eigenvalue weighted by molar-refractivity contribution is -0.121. The lowest BCUT2D eigenvalue weighted by atomic mass is 10.1. The Morgan fingerprint density at radius 1 is 1.17 bits per heavy atom. The number of hydrogen-bond acceptors (Lipinski definition) is 3. The van der Waals surface area contributed by atoms with Gasteiger partial charge in [-0.1, -0.05) is 37.1 Å². The highest BCUT2D eigenvalue weighted by Crippen LogP contribution is 2.18. The van der Waals surface area contributed by atoms with Crippen LogP contribution < -0.4 is 10.9 Å². The number of aryl methyl sites for hydroxylation is 1. The van der Waals surface area contributed by atoms with E-state index in [9.17, 15) is 9.59 Å². The Morgan fingerprint density at radius 3 is 2.62 bits per heavy atom. The van der Waals surface area contributed by atoms with Crippen LogP contribution in [0.15, 0.2) is 41.2 Å². The quantitative estimate of drug-likeness (QED) is 0.745. The molecule has 0 spiro atoms. The first-order valence-electron chi connectivity index (χ1n) is 8.21. The topological polar surface area (TPSA) is 64.0 Å². The van der Waals surface area contributed by atoms with Crippen LogP contribution in [0.25, 0.3) is 11.3 Å². The van der Waals surface area contributed by atoms with Gasteiger partial charge in [0.05, 0.1) is 5.69 Å². The first kappa shape index (κ1) is 18.2. The summed E-state index contributed by atoms with van der Waals surface area (Å²) in [7, 11) is 0. The van der Waals surface area contributed by atoms with E-state index in [0.29, 0.717) is 36.6 Å². The number of carbonyl (C=O) groups excluding carboxylic acids is 1. The van der Waals surface area contributed by atoms with E-state index in [1.54, 1.807) is 18.2 Å². The van der Waals surface area contributed by atoms with Gasteiger partial charge in [-0.2, -0.15) is 5.10 Å². The lowest BCUT2D eigenvalue weighted by Gasteiger charge is -2.08. The molecule has 24 heavy (non-hydrogen) atoms. The monoisotopic (exact) mass is 347 g/mol. The van der Waals surface area contributed by atoms with Crippen molar-refractivity contribution in [2.75, 3.05) is 6.54 Å². The zero-order valence-corrected chi connectivity index (χ0v) is 14.6. The SMILES string of the molecule is CCCCNC(=O)CCCn1nc(-c2ccc(Cl)cc2)ccc1=O. The number of hydrogen-bond donors (Lipinski definition) is 1. The van der Waals surface area contributed by atoms with Gasteiger partial charge in [-0.25, -0.2) is 4.68 Å². The number of aromatic nitrogens is 2. The number of halogens is 1. The van der Waals surface area contributed by atoms with Crippen molar-refractivity contribution < 1.29 is 4.79 Å². The Morgan fingerprint density at radius 2 is 1.92 bits per heavy atom. The minimum absolute atomic E-state index is 0.0188. The number of nitrogens with one attached hydrogen (secondary N) is 1. The number of benzene rings is 1. The highest BCUT2D eigenvalue weighted by Gasteiger charge is 2.05. The third kappa shape index (κ3) is 5.49. The van der Waals surface area contributed by atoms with E-state index in [0.717, 1.165) is 18.4 Å². The van der Waals surface area contributed by atoms with E-state index < -0.39 is 0 Å². The van der Waals surface area contributed by atoms with Crippen LogP contribution in [0.4, 0.5) is 0 Å². The summed E-state index contributed by atoms with van der Waals surface area (Å²) < 4.78 is 1.41. The van der Waals surface area contributed by atoms with Crippen LogP contribution in [0.2, 0.25) is 5.02 Å². The summed E-state index contributed by atoms with van der Waals surface area (Å²) in [5.41, 5.74) is 1.43. The van der Waals surface area contributed by atoms with Gasteiger partial charge in [0.2, 0.25) is 5.91 Å². The second-order valence-electron chi connectivity index (χ2n) is 5.59. The number of rotatable bonds is 8. The van der Waals surface area contributed by atoms with Crippen LogP contribution in [0.1, 0.15) is 32.6 Å². The maximum Gasteiger partial charge on any atom is 0.266 e. The molecule has 6 heteroatoms. The third-order valence-corrected chi connectivity index (χ3v) is 3.88. The molecule has 0 atom stereocenters. The average molecular weight is 348 g/mol. The molecule has 0 fully saturated rings. The Balaban J connectivity index is 1.95. The number of nitrogens with zero attached hydrogens (tertiary/aromatic N) is 2. The van der Waals surface area contributed by atoms with E-state index >= 15 is 0 Å². The molecule has 1 amide bonds. The van der Waals surface area contributed by atoms with E-state index in [4.69, 9.17) is 11.6 Å². The molecule has 2 aromatic rings. The fourth-order valence-corrected chi connectivity index (χ4v) is 2.39. The average Bonchev–Trinajstić information content (AvgIpc) is 2.57. The maximum absolute atomic E-state index is 11.9. The molecule has 2 rings (SSSR count). The summed E-state index contributed by atoms with van der Waals surface area (Å²) in [4.78, 5) is 23.6. The van der Waals surface area contributed by atoms with Gasteiger partial charge in [-0.15, -0.1) is 0 Å². The van der Waals surface area contributed by atoms with Crippen molar-refractivity contribution in [1.82, 2.24) is 15.1 Å². The van der Waals surface area contributed by atoms with E-state index in [2.05, 4.69) is 17.3 Å². The molecule has 0 aliphatic carbocycles. The number of unbranched alkanes of at least 4 members (excludes halogenated alkanes) is 1. The van der Waals surface area contributed by atoms with Crippen LogP contribution in [-0.4, -0.2) is 22.2 Å². The van der Waals surface area contributed by atoms with Gasteiger partial charge in [0.1, 0.15) is 0 Å². The summed E-state index contributed by atoms with van der Waals surface area (Å²) >= 11 is 5.89. The first-order chi connectivity index (χ1) is 11.6. The molecule has 0 aliphatic heterocycles. The molecule has 0 unspecified atom stereocenters. The fourth-order valence-electron chi connectivity index (χ4n) is 2.27. The summed E-state index contributed by atoms with van der Waals surface area (Å²) in [6.45, 7) is 3.21. The molecular weight excluding hydrogens is 326 g/mol. The highest BCUT2D eigenvalue weighted by molar-refractivity contribution is 6.30. The Bertz CT molecular complexity index is 726. The normalized spacial score (nSPS) is 10.6. The van der Waals surface area contributed by atoms with Crippen LogP contribution >= 0.6 is 11.6 Å². The largest absolute Gasteiger partial charge is 0.356 e. The van der Waals surface area contributed by atoms with Crippen LogP contribution in [-0.2, 0) is 11.3 Å². The van der Waals surface area contributed by atoms with E-state index in [-0.39, 0.29) is 11.5 Å². The maximum atomic E-state index is 11.9. The molecule has 1 N–H and O–H groups in total. The van der Waals surface area contributed by atoms with Crippen LogP contribution in [0, 0.1) is 0 Å². The number of carbonyl (C=O) groups is 1. The van der Waals surface area contributed by atoms with Crippen molar-refractivity contribution in [3.63, 3.8) is 0 Å². The molecule has 0 saturated carbocycles. The molecule has 1 heterocycles. The van der Waals surface area contributed by atoms with Crippen LogP contribution in [0.3, 0.4) is 0 Å². The summed E-state index contributed by atoms with van der Waals surface area (Å²) in [6.07, 6.45) is 3.00. The Hall–Kier alpha value is -2.14. The molecule has 0 aliphatic rings. The lowest BCUT2D eigenvalue weighted by Crippen LogP contribution is -2.26. The minimum Gasteiger partial charge on any atom is -0.356 e. The van der Waals surface area contributed by atoms with Crippen molar-refractivity contribution in [2.24, 2.45) is 0 Å². The zero-order chi connectivity index (χ0) is 17.4. The van der Waals surface area contributed by atoms with Crippen molar-refractivity contribution in [1.29, 1.82) is 0 Å². The number of amides is 1. The third-order valence-electron chi connectivity index (χ3n) is 3.63. The van der Waals surface area contributed by atoms with Gasteiger partial charge in [-0.05, 0) is 31.0 Å². The minimum atomic E-state index is -0.167. The smallest absolute Gasteiger partial charge is 0.266 e. The molecule has 1 aromatic heterocycles. The highest BCUT2D eigenvalue weighted by atomic mass is 35.5. The Labute approximate surface area is 146 Å². The fraction of sp³-hybridized carbons (Fsp3) is 0.389. The second kappa shape index (κ2) is 9.23. The van der Waals surface area contributed by atoms with Crippen molar-refractivity contribution in [2.45, 2.75) is 39.2 Å². The molecule has 128 valence electrons. The van der Waals surface area contributed by atoms with Gasteiger partial charge in [-0.3, -0.25) is 9.59 Å². The summed E-state index contributed by atoms with van der Waals surface area (Å²) in [5.74, 6) is 0.0188. The molecule has 0 saturated heterocycles. The van der Waals surface area contributed by atoms with E-state index in [1.807, 2.05) is 12.1 Å². The van der Waals surface area contributed by atoms with Gasteiger partial charge < -0.3 is 5.32 Å². The van der Waals surface area contributed by atoms with Gasteiger partial charge >= 0.3 is 0 Å². The Kier molecular flexibility index (Phi) is 7.00. The molecule has 5 nitrogen and oxygen atoms in total. The molecular formula is C18H22ClN3O2. The van der Waals surface area contributed by atoms with Gasteiger partial charge in [0, 0.05) is 36.2 Å². The van der Waals surface area contributed by atoms with Crippen molar-refractivity contribution in [3.8, 4) is 11.3 Å². The van der Waals surface area contributed by atoms with Gasteiger partial charge in [0.25, 0.3) is 5.56 Å².